The Labute approximate surface area is 145 Å². The molecule has 1 saturated heterocycles. The van der Waals surface area contributed by atoms with Crippen molar-refractivity contribution in [1.82, 2.24) is 9.97 Å². The second-order valence-corrected chi connectivity index (χ2v) is 5.93. The molecule has 1 aromatic carbocycles. The van der Waals surface area contributed by atoms with E-state index < -0.39 is 5.60 Å². The zero-order chi connectivity index (χ0) is 17.9. The molecular weight excluding hydrogens is 325 g/mol. The van der Waals surface area contributed by atoms with Crippen molar-refractivity contribution in [1.29, 1.82) is 0 Å². The summed E-state index contributed by atoms with van der Waals surface area (Å²) in [6, 6.07) is 7.97. The van der Waals surface area contributed by atoms with E-state index in [4.69, 9.17) is 9.47 Å². The zero-order valence-electron chi connectivity index (χ0n) is 14.2. The Morgan fingerprint density at radius 1 is 1.16 bits per heavy atom. The quantitative estimate of drug-likeness (QED) is 0.793. The van der Waals surface area contributed by atoms with Gasteiger partial charge in [-0.25, -0.2) is 19.2 Å². The monoisotopic (exact) mass is 345 g/mol. The summed E-state index contributed by atoms with van der Waals surface area (Å²) in [7, 11) is 2.89. The smallest absolute Gasteiger partial charge is 0.338 e. The average Bonchev–Trinajstić information content (AvgIpc) is 2.68. The summed E-state index contributed by atoms with van der Waals surface area (Å²) < 4.78 is 23.4. The van der Waals surface area contributed by atoms with Gasteiger partial charge in [0.05, 0.1) is 12.8 Å². The normalized spacial score (nSPS) is 16.5. The van der Waals surface area contributed by atoms with Crippen LogP contribution in [0.5, 0.6) is 0 Å². The minimum Gasteiger partial charge on any atom is -0.467 e. The highest BCUT2D eigenvalue weighted by Gasteiger charge is 2.43. The van der Waals surface area contributed by atoms with Gasteiger partial charge in [-0.1, -0.05) is 0 Å². The van der Waals surface area contributed by atoms with Crippen molar-refractivity contribution in [2.75, 3.05) is 32.2 Å². The number of anilines is 1. The molecule has 1 aliphatic heterocycles. The molecule has 3 rings (SSSR count). The van der Waals surface area contributed by atoms with Crippen LogP contribution in [-0.4, -0.2) is 48.8 Å². The van der Waals surface area contributed by atoms with E-state index in [9.17, 15) is 9.18 Å². The van der Waals surface area contributed by atoms with Crippen molar-refractivity contribution in [2.45, 2.75) is 18.4 Å². The lowest BCUT2D eigenvalue weighted by Crippen LogP contribution is -2.51. The van der Waals surface area contributed by atoms with Crippen LogP contribution in [0.3, 0.4) is 0 Å². The third-order valence-electron chi connectivity index (χ3n) is 4.58. The molecule has 0 aliphatic carbocycles. The van der Waals surface area contributed by atoms with Crippen molar-refractivity contribution >= 4 is 11.9 Å². The number of piperidine rings is 1. The maximum absolute atomic E-state index is 13.1. The first-order chi connectivity index (χ1) is 12.1. The van der Waals surface area contributed by atoms with Crippen molar-refractivity contribution in [3.8, 4) is 11.3 Å². The van der Waals surface area contributed by atoms with Crippen LogP contribution >= 0.6 is 0 Å². The number of methoxy groups -OCH3 is 2. The minimum absolute atomic E-state index is 0.284. The van der Waals surface area contributed by atoms with Gasteiger partial charge in [0.25, 0.3) is 0 Å². The minimum atomic E-state index is -0.903. The van der Waals surface area contributed by atoms with E-state index >= 15 is 0 Å². The van der Waals surface area contributed by atoms with Crippen LogP contribution in [0, 0.1) is 5.82 Å². The molecule has 0 radical (unpaired) electrons. The Morgan fingerprint density at radius 2 is 1.84 bits per heavy atom. The predicted molar refractivity (Wildman–Crippen MR) is 90.6 cm³/mol. The number of aromatic nitrogens is 2. The number of benzene rings is 1. The fraction of sp³-hybridized carbons (Fsp3) is 0.389. The van der Waals surface area contributed by atoms with Crippen LogP contribution in [0.15, 0.2) is 36.5 Å². The highest BCUT2D eigenvalue weighted by Crippen LogP contribution is 2.29. The Bertz CT molecular complexity index is 743. The lowest BCUT2D eigenvalue weighted by molar-refractivity contribution is -0.168. The molecule has 132 valence electrons. The average molecular weight is 345 g/mol. The number of nitrogens with zero attached hydrogens (tertiary/aromatic N) is 3. The first-order valence-corrected chi connectivity index (χ1v) is 8.05. The number of hydrogen-bond donors (Lipinski definition) is 0. The SMILES string of the molecule is COC(=O)C1(OC)CCN(c2nccc(-c3ccc(F)cc3)n2)CC1. The van der Waals surface area contributed by atoms with Gasteiger partial charge in [-0.05, 0) is 30.3 Å². The van der Waals surface area contributed by atoms with Gasteiger partial charge < -0.3 is 14.4 Å². The highest BCUT2D eigenvalue weighted by molar-refractivity contribution is 5.80. The van der Waals surface area contributed by atoms with Crippen molar-refractivity contribution in [3.05, 3.63) is 42.3 Å². The van der Waals surface area contributed by atoms with E-state index in [0.717, 1.165) is 11.3 Å². The molecule has 1 fully saturated rings. The van der Waals surface area contributed by atoms with E-state index in [-0.39, 0.29) is 11.8 Å². The van der Waals surface area contributed by atoms with Gasteiger partial charge in [-0.3, -0.25) is 0 Å². The predicted octanol–water partition coefficient (Wildman–Crippen LogP) is 2.44. The number of carbonyl (C=O) groups is 1. The van der Waals surface area contributed by atoms with Crippen LogP contribution in [0.2, 0.25) is 0 Å². The number of hydrogen-bond acceptors (Lipinski definition) is 6. The molecule has 6 nitrogen and oxygen atoms in total. The van der Waals surface area contributed by atoms with Gasteiger partial charge in [0.1, 0.15) is 5.82 Å². The lowest BCUT2D eigenvalue weighted by atomic mass is 9.91. The van der Waals surface area contributed by atoms with Crippen molar-refractivity contribution in [2.24, 2.45) is 0 Å². The summed E-state index contributed by atoms with van der Waals surface area (Å²) in [5.74, 6) is -0.0557. The molecule has 0 amide bonds. The molecule has 0 unspecified atom stereocenters. The van der Waals surface area contributed by atoms with Gasteiger partial charge >= 0.3 is 5.97 Å². The molecule has 2 heterocycles. The fourth-order valence-corrected chi connectivity index (χ4v) is 3.03. The number of ether oxygens (including phenoxy) is 2. The zero-order valence-corrected chi connectivity index (χ0v) is 14.2. The molecule has 0 atom stereocenters. The van der Waals surface area contributed by atoms with Gasteiger partial charge in [0, 0.05) is 44.8 Å². The summed E-state index contributed by atoms with van der Waals surface area (Å²) in [6.45, 7) is 1.16. The van der Waals surface area contributed by atoms with Gasteiger partial charge in [-0.15, -0.1) is 0 Å². The number of halogens is 1. The van der Waals surface area contributed by atoms with E-state index in [2.05, 4.69) is 9.97 Å². The van der Waals surface area contributed by atoms with Gasteiger partial charge in [0.15, 0.2) is 5.60 Å². The Hall–Kier alpha value is -2.54. The number of carbonyl (C=O) groups excluding carboxylic acids is 1. The second kappa shape index (κ2) is 7.14. The van der Waals surface area contributed by atoms with Crippen molar-refractivity contribution in [3.63, 3.8) is 0 Å². The summed E-state index contributed by atoms with van der Waals surface area (Å²) >= 11 is 0. The van der Waals surface area contributed by atoms with E-state index in [1.54, 1.807) is 24.4 Å². The third kappa shape index (κ3) is 3.46. The second-order valence-electron chi connectivity index (χ2n) is 5.93. The topological polar surface area (TPSA) is 64.6 Å². The summed E-state index contributed by atoms with van der Waals surface area (Å²) in [5, 5.41) is 0. The first kappa shape index (κ1) is 17.3. The molecule has 7 heteroatoms. The Kier molecular flexibility index (Phi) is 4.94. The molecular formula is C18H20FN3O3. The Balaban J connectivity index is 1.77. The third-order valence-corrected chi connectivity index (χ3v) is 4.58. The summed E-state index contributed by atoms with van der Waals surface area (Å²) in [5.41, 5.74) is 0.643. The van der Waals surface area contributed by atoms with Gasteiger partial charge in [-0.2, -0.15) is 0 Å². The molecule has 0 N–H and O–H groups in total. The number of rotatable bonds is 4. The molecule has 1 aliphatic rings. The van der Waals surface area contributed by atoms with Crippen LogP contribution in [0.25, 0.3) is 11.3 Å². The Morgan fingerprint density at radius 3 is 2.44 bits per heavy atom. The summed E-state index contributed by atoms with van der Waals surface area (Å²) in [6.07, 6.45) is 2.68. The lowest BCUT2D eigenvalue weighted by Gasteiger charge is -2.38. The van der Waals surface area contributed by atoms with Crippen LogP contribution in [0.1, 0.15) is 12.8 Å². The molecule has 0 saturated carbocycles. The maximum atomic E-state index is 13.1. The van der Waals surface area contributed by atoms with E-state index in [1.165, 1.54) is 26.4 Å². The molecule has 0 spiro atoms. The molecule has 0 bridgehead atoms. The maximum Gasteiger partial charge on any atom is 0.338 e. The standard InChI is InChI=1S/C18H20FN3O3/c1-24-16(23)18(25-2)8-11-22(12-9-18)17-20-10-7-15(21-17)13-3-5-14(19)6-4-13/h3-7,10H,8-9,11-12H2,1-2H3. The summed E-state index contributed by atoms with van der Waals surface area (Å²) in [4.78, 5) is 22.9. The largest absolute Gasteiger partial charge is 0.467 e. The molecule has 25 heavy (non-hydrogen) atoms. The molecule has 1 aromatic heterocycles. The van der Waals surface area contributed by atoms with E-state index in [1.807, 2.05) is 4.90 Å². The molecule has 2 aromatic rings. The highest BCUT2D eigenvalue weighted by atomic mass is 19.1. The number of esters is 1. The van der Waals surface area contributed by atoms with Crippen LogP contribution in [0.4, 0.5) is 10.3 Å². The van der Waals surface area contributed by atoms with Gasteiger partial charge in [0.2, 0.25) is 5.95 Å². The van der Waals surface area contributed by atoms with Crippen LogP contribution in [-0.2, 0) is 14.3 Å². The first-order valence-electron chi connectivity index (χ1n) is 8.05. The van der Waals surface area contributed by atoms with E-state index in [0.29, 0.717) is 31.9 Å². The van der Waals surface area contributed by atoms with Crippen LogP contribution < -0.4 is 4.90 Å². The van der Waals surface area contributed by atoms with Crippen molar-refractivity contribution < 1.29 is 18.7 Å². The fourth-order valence-electron chi connectivity index (χ4n) is 3.03.